The molecular weight excluding hydrogens is 121 g/mol. The van der Waals surface area contributed by atoms with Gasteiger partial charge >= 0.3 is 0 Å². The normalized spacial score (nSPS) is 11.7. The molecule has 0 aromatic heterocycles. The number of halogens is 1. The van der Waals surface area contributed by atoms with Crippen LogP contribution in [0.25, 0.3) is 0 Å². The number of alkyl halides is 1. The van der Waals surface area contributed by atoms with Crippen molar-refractivity contribution < 1.29 is 12.8 Å². The first-order chi connectivity index (χ1) is 3.12. The third-order valence-corrected chi connectivity index (χ3v) is 1.25. The minimum Gasteiger partial charge on any atom is -0.232 e. The maximum Gasteiger partial charge on any atom is 0.257 e. The lowest BCUT2D eigenvalue weighted by Gasteiger charge is -1.86. The van der Waals surface area contributed by atoms with Crippen molar-refractivity contribution in [1.29, 1.82) is 0 Å². The van der Waals surface area contributed by atoms with E-state index in [4.69, 9.17) is 0 Å². The Morgan fingerprint density at radius 2 is 2.14 bits per heavy atom. The number of hydrogen-bond acceptors (Lipinski definition) is 2. The van der Waals surface area contributed by atoms with Crippen molar-refractivity contribution in [2.45, 2.75) is 0 Å². The van der Waals surface area contributed by atoms with E-state index in [1.165, 1.54) is 0 Å². The molecule has 0 aliphatic rings. The summed E-state index contributed by atoms with van der Waals surface area (Å²) in [5.41, 5.74) is 0. The number of nitrogens with zero attached hydrogens (tertiary/aromatic N) is 1. The van der Waals surface area contributed by atoms with Gasteiger partial charge in [-0.3, -0.25) is 0 Å². The SMILES string of the molecule is C[N]S(=O)(=O)CF. The molecule has 0 heterocycles. The van der Waals surface area contributed by atoms with Crippen LogP contribution in [0.2, 0.25) is 0 Å². The molecule has 0 aliphatic carbocycles. The van der Waals surface area contributed by atoms with Gasteiger partial charge in [0.1, 0.15) is 0 Å². The lowest BCUT2D eigenvalue weighted by molar-refractivity contribution is 0.527. The van der Waals surface area contributed by atoms with Crippen LogP contribution in [0.3, 0.4) is 0 Å². The van der Waals surface area contributed by atoms with Crippen molar-refractivity contribution in [2.24, 2.45) is 0 Å². The van der Waals surface area contributed by atoms with E-state index in [9.17, 15) is 12.8 Å². The molecule has 3 nitrogen and oxygen atoms in total. The second-order valence-electron chi connectivity index (χ2n) is 0.874. The molecule has 0 spiro atoms. The Kier molecular flexibility index (Phi) is 2.17. The summed E-state index contributed by atoms with van der Waals surface area (Å²) in [6.45, 7) is 0. The highest BCUT2D eigenvalue weighted by atomic mass is 32.2. The van der Waals surface area contributed by atoms with Gasteiger partial charge < -0.3 is 0 Å². The molecule has 0 atom stereocenters. The minimum atomic E-state index is -3.70. The van der Waals surface area contributed by atoms with Crippen LogP contribution in [0.5, 0.6) is 0 Å². The summed E-state index contributed by atoms with van der Waals surface area (Å²) in [5, 5.41) is 0. The third kappa shape index (κ3) is 2.52. The summed E-state index contributed by atoms with van der Waals surface area (Å²) in [7, 11) is -2.66. The predicted octanol–water partition coefficient (Wildman–Crippen LogP) is -0.523. The van der Waals surface area contributed by atoms with E-state index in [0.29, 0.717) is 0 Å². The Balaban J connectivity index is 3.89. The van der Waals surface area contributed by atoms with Gasteiger partial charge in [-0.25, -0.2) is 12.8 Å². The van der Waals surface area contributed by atoms with Crippen molar-refractivity contribution in [1.82, 2.24) is 4.72 Å². The van der Waals surface area contributed by atoms with Gasteiger partial charge in [0.05, 0.1) is 0 Å². The zero-order valence-corrected chi connectivity index (χ0v) is 4.57. The van der Waals surface area contributed by atoms with Gasteiger partial charge in [0.15, 0.2) is 0 Å². The molecular formula is C2H5FNO2S. The van der Waals surface area contributed by atoms with Gasteiger partial charge in [-0.15, -0.1) is 4.72 Å². The summed E-state index contributed by atoms with van der Waals surface area (Å²) in [4.78, 5) is 0. The lowest BCUT2D eigenvalue weighted by atomic mass is 11.6. The number of hydrogen-bond donors (Lipinski definition) is 0. The molecule has 0 aliphatic heterocycles. The van der Waals surface area contributed by atoms with Crippen molar-refractivity contribution in [3.8, 4) is 0 Å². The number of rotatable bonds is 2. The Labute approximate surface area is 41.6 Å². The summed E-state index contributed by atoms with van der Waals surface area (Å²) in [5.74, 6) is 0. The molecule has 7 heavy (non-hydrogen) atoms. The van der Waals surface area contributed by atoms with Crippen LogP contribution in [0.4, 0.5) is 4.39 Å². The van der Waals surface area contributed by atoms with E-state index in [2.05, 4.69) is 4.72 Å². The second-order valence-corrected chi connectivity index (χ2v) is 2.62. The van der Waals surface area contributed by atoms with Gasteiger partial charge in [0, 0.05) is 7.05 Å². The minimum absolute atomic E-state index is 1.04. The molecule has 5 heteroatoms. The molecule has 0 saturated heterocycles. The molecule has 0 fully saturated rings. The third-order valence-electron chi connectivity index (χ3n) is 0.416. The second kappa shape index (κ2) is 2.23. The van der Waals surface area contributed by atoms with E-state index < -0.39 is 16.0 Å². The molecule has 0 unspecified atom stereocenters. The van der Waals surface area contributed by atoms with Gasteiger partial charge in [0.25, 0.3) is 10.0 Å². The summed E-state index contributed by atoms with van der Waals surface area (Å²) in [6, 6.07) is -1.40. The Bertz CT molecular complexity index is 119. The fourth-order valence-electron chi connectivity index (χ4n) is 0.0488. The van der Waals surface area contributed by atoms with E-state index in [1.54, 1.807) is 0 Å². The highest BCUT2D eigenvalue weighted by Crippen LogP contribution is 1.81. The van der Waals surface area contributed by atoms with Gasteiger partial charge in [-0.1, -0.05) is 0 Å². The first-order valence-corrected chi connectivity index (χ1v) is 3.13. The van der Waals surface area contributed by atoms with Crippen LogP contribution in [0.15, 0.2) is 0 Å². The average molecular weight is 126 g/mol. The maximum atomic E-state index is 11.1. The van der Waals surface area contributed by atoms with E-state index in [0.717, 1.165) is 7.05 Å². The quantitative estimate of drug-likeness (QED) is 0.499. The summed E-state index contributed by atoms with van der Waals surface area (Å²) in [6.07, 6.45) is 0. The van der Waals surface area contributed by atoms with Gasteiger partial charge in [-0.05, 0) is 0 Å². The molecule has 0 saturated carbocycles. The van der Waals surface area contributed by atoms with Crippen LogP contribution in [0, 0.1) is 0 Å². The lowest BCUT2D eigenvalue weighted by Crippen LogP contribution is -2.12. The topological polar surface area (TPSA) is 48.2 Å². The zero-order chi connectivity index (χ0) is 5.91. The zero-order valence-electron chi connectivity index (χ0n) is 3.76. The van der Waals surface area contributed by atoms with Crippen LogP contribution < -0.4 is 4.72 Å². The van der Waals surface area contributed by atoms with Crippen molar-refractivity contribution in [2.75, 3.05) is 13.1 Å². The molecule has 43 valence electrons. The Hall–Kier alpha value is -0.160. The molecule has 0 amide bonds. The summed E-state index contributed by atoms with van der Waals surface area (Å²) >= 11 is 0. The molecule has 0 bridgehead atoms. The predicted molar refractivity (Wildman–Crippen MR) is 23.0 cm³/mol. The Morgan fingerprint density at radius 1 is 1.71 bits per heavy atom. The van der Waals surface area contributed by atoms with Gasteiger partial charge in [-0.2, -0.15) is 0 Å². The molecule has 0 rings (SSSR count). The van der Waals surface area contributed by atoms with E-state index >= 15 is 0 Å². The molecule has 0 aromatic rings. The van der Waals surface area contributed by atoms with E-state index in [1.807, 2.05) is 0 Å². The largest absolute Gasteiger partial charge is 0.257 e. The first-order valence-electron chi connectivity index (χ1n) is 1.52. The summed E-state index contributed by atoms with van der Waals surface area (Å²) < 4.78 is 33.5. The Morgan fingerprint density at radius 3 is 2.14 bits per heavy atom. The smallest absolute Gasteiger partial charge is 0.232 e. The van der Waals surface area contributed by atoms with Crippen LogP contribution in [-0.4, -0.2) is 21.5 Å². The highest BCUT2D eigenvalue weighted by Gasteiger charge is 2.03. The standard InChI is InChI=1S/C2H5FNO2S/c1-4-7(5,6)2-3/h2H2,1H3. The van der Waals surface area contributed by atoms with Crippen LogP contribution in [0.1, 0.15) is 0 Å². The van der Waals surface area contributed by atoms with Gasteiger partial charge in [0.2, 0.25) is 6.01 Å². The first kappa shape index (κ1) is 6.84. The molecule has 0 N–H and O–H groups in total. The van der Waals surface area contributed by atoms with Crippen LogP contribution >= 0.6 is 0 Å². The fourth-order valence-corrected chi connectivity index (χ4v) is 0.146. The fraction of sp³-hybridized carbons (Fsp3) is 1.00. The number of sulfonamides is 1. The van der Waals surface area contributed by atoms with Crippen molar-refractivity contribution in [3.63, 3.8) is 0 Å². The molecule has 1 radical (unpaired) electrons. The average Bonchev–Trinajstić information content (AvgIpc) is 1.68. The van der Waals surface area contributed by atoms with Crippen molar-refractivity contribution >= 4 is 10.0 Å². The van der Waals surface area contributed by atoms with Crippen LogP contribution in [-0.2, 0) is 10.0 Å². The maximum absolute atomic E-state index is 11.1. The van der Waals surface area contributed by atoms with Crippen molar-refractivity contribution in [3.05, 3.63) is 0 Å². The highest BCUT2D eigenvalue weighted by molar-refractivity contribution is 7.89. The molecule has 0 aromatic carbocycles. The van der Waals surface area contributed by atoms with E-state index in [-0.39, 0.29) is 0 Å². The monoisotopic (exact) mass is 126 g/mol.